The Labute approximate surface area is 357 Å². The molecule has 0 spiro atoms. The van der Waals surface area contributed by atoms with E-state index in [1.165, 1.54) is 14.0 Å². The highest BCUT2D eigenvalue weighted by molar-refractivity contribution is 5.88. The molecule has 0 amide bonds. The van der Waals surface area contributed by atoms with Crippen LogP contribution in [0, 0.1) is 23.7 Å². The van der Waals surface area contributed by atoms with Crippen molar-refractivity contribution in [2.75, 3.05) is 55.1 Å². The lowest BCUT2D eigenvalue weighted by molar-refractivity contribution is -0.317. The van der Waals surface area contributed by atoms with Gasteiger partial charge in [-0.1, -0.05) is 32.9 Å². The summed E-state index contributed by atoms with van der Waals surface area (Å²) in [5, 5.41) is 63.7. The number of aliphatic hydroxyl groups is 5. The van der Waals surface area contributed by atoms with Crippen molar-refractivity contribution in [1.82, 2.24) is 4.90 Å². The lowest BCUT2D eigenvalue weighted by Crippen LogP contribution is -2.61. The van der Waals surface area contributed by atoms with Crippen LogP contribution in [0.1, 0.15) is 94.9 Å². The molecule has 0 aliphatic carbocycles. The molecule has 0 aromatic carbocycles. The third-order valence-corrected chi connectivity index (χ3v) is 12.8. The molecule has 3 fully saturated rings. The number of rotatable bonds is 15. The number of aliphatic hydroxyl groups excluding tert-OH is 3. The molecule has 3 aliphatic rings. The van der Waals surface area contributed by atoms with E-state index in [1.54, 1.807) is 62.5 Å². The predicted molar refractivity (Wildman–Crippen MR) is 218 cm³/mol. The monoisotopic (exact) mass is 867 g/mol. The van der Waals surface area contributed by atoms with E-state index in [9.17, 15) is 30.3 Å². The van der Waals surface area contributed by atoms with Crippen molar-refractivity contribution in [2.45, 2.75) is 179 Å². The maximum absolute atomic E-state index is 14.4. The van der Waals surface area contributed by atoms with Crippen molar-refractivity contribution in [1.29, 1.82) is 0 Å². The SMILES string of the molecule is CCC1OC(=O)[C@@H](C)C(OC2CC(C)(OC)C(O)C(C)O2)[C@@H](C)[C@H](OC2OC(C)CC(N(C)C)C2O)[C@@](C)(O)C[C@H](C)/C(=N\OCOCOCCOC)[C@@H](C)[C@H](O)[C@@]1(C)O. The van der Waals surface area contributed by atoms with Crippen LogP contribution in [0.2, 0.25) is 0 Å². The molecule has 0 saturated carbocycles. The van der Waals surface area contributed by atoms with Gasteiger partial charge in [-0.15, -0.1) is 0 Å². The zero-order valence-corrected chi connectivity index (χ0v) is 38.4. The molecule has 10 unspecified atom stereocenters. The van der Waals surface area contributed by atoms with Crippen molar-refractivity contribution in [3.63, 3.8) is 0 Å². The van der Waals surface area contributed by atoms with Crippen molar-refractivity contribution in [2.24, 2.45) is 28.8 Å². The summed E-state index contributed by atoms with van der Waals surface area (Å²) in [5.41, 5.74) is -4.56. The Hall–Kier alpha value is -1.62. The zero-order chi connectivity index (χ0) is 45.3. The molecule has 0 aromatic heterocycles. The second-order valence-electron chi connectivity index (χ2n) is 18.1. The summed E-state index contributed by atoms with van der Waals surface area (Å²) in [7, 11) is 6.76. The molecule has 0 bridgehead atoms. The lowest BCUT2D eigenvalue weighted by Gasteiger charge is -2.49. The number of nitrogens with zero attached hydrogens (tertiary/aromatic N) is 2. The second kappa shape index (κ2) is 22.8. The largest absolute Gasteiger partial charge is 0.459 e. The fourth-order valence-electron chi connectivity index (χ4n) is 9.03. The van der Waals surface area contributed by atoms with Crippen molar-refractivity contribution < 1.29 is 77.8 Å². The fourth-order valence-corrected chi connectivity index (χ4v) is 9.03. The summed E-state index contributed by atoms with van der Waals surface area (Å²) in [6.45, 7) is 17.2. The summed E-state index contributed by atoms with van der Waals surface area (Å²) in [6.07, 6.45) is -9.64. The highest BCUT2D eigenvalue weighted by atomic mass is 16.8. The molecule has 60 heavy (non-hydrogen) atoms. The summed E-state index contributed by atoms with van der Waals surface area (Å²) in [5.74, 6) is -4.22. The standard InChI is InChI=1S/C42H78N2O16/c1-15-30-42(10,50)35(46)25(4)32(43-55-22-54-21-53-17-16-51-13)23(2)19-40(8,49)37(60-39-33(45)29(44(11)12)18-24(3)56-39)26(5)34(27(6)38(48)58-30)59-31-20-41(9,52-14)36(47)28(7)57-31/h23-31,33-37,39,45-47,49-50H,15-22H2,1-14H3/b43-32+/t23-,24?,25+,26+,27-,28?,29?,30?,31?,33?,34?,35-,36?,37-,39?,40-,41?,42-/m0/s1. The topological polar surface area (TPSA) is 226 Å². The quantitative estimate of drug-likeness (QED) is 0.0688. The molecular weight excluding hydrogens is 788 g/mol. The van der Waals surface area contributed by atoms with Gasteiger partial charge in [-0.3, -0.25) is 4.79 Å². The summed E-state index contributed by atoms with van der Waals surface area (Å²) in [6, 6.07) is -0.336. The third-order valence-electron chi connectivity index (χ3n) is 12.8. The number of carbonyl (C=O) groups is 1. The van der Waals surface area contributed by atoms with Gasteiger partial charge < -0.3 is 77.9 Å². The van der Waals surface area contributed by atoms with Crippen LogP contribution < -0.4 is 0 Å². The Bertz CT molecular complexity index is 1340. The predicted octanol–water partition coefficient (Wildman–Crippen LogP) is 2.18. The first-order chi connectivity index (χ1) is 28.0. The number of carbonyl (C=O) groups excluding carboxylic acids is 1. The Kier molecular flexibility index (Phi) is 20.1. The summed E-state index contributed by atoms with van der Waals surface area (Å²) < 4.78 is 53.4. The number of cyclic esters (lactones) is 1. The van der Waals surface area contributed by atoms with Crippen molar-refractivity contribution >= 4 is 11.7 Å². The van der Waals surface area contributed by atoms with Crippen LogP contribution in [0.15, 0.2) is 5.16 Å². The second-order valence-corrected chi connectivity index (χ2v) is 18.1. The van der Waals surface area contributed by atoms with Crippen LogP contribution in [-0.4, -0.2) is 181 Å². The van der Waals surface area contributed by atoms with Gasteiger partial charge in [-0.05, 0) is 74.9 Å². The number of ether oxygens (including phenoxy) is 9. The average Bonchev–Trinajstić information content (AvgIpc) is 3.18. The number of esters is 1. The van der Waals surface area contributed by atoms with Crippen LogP contribution in [-0.2, 0) is 52.3 Å². The molecule has 18 nitrogen and oxygen atoms in total. The van der Waals surface area contributed by atoms with Gasteiger partial charge in [0.05, 0.1) is 66.6 Å². The van der Waals surface area contributed by atoms with Gasteiger partial charge in [0.1, 0.15) is 23.9 Å². The number of methoxy groups -OCH3 is 2. The van der Waals surface area contributed by atoms with E-state index in [1.807, 2.05) is 25.9 Å². The summed E-state index contributed by atoms with van der Waals surface area (Å²) in [4.78, 5) is 21.8. The molecule has 3 aliphatic heterocycles. The molecule has 3 heterocycles. The van der Waals surface area contributed by atoms with Gasteiger partial charge >= 0.3 is 5.97 Å². The smallest absolute Gasteiger partial charge is 0.311 e. The van der Waals surface area contributed by atoms with Crippen LogP contribution >= 0.6 is 0 Å². The molecule has 18 heteroatoms. The molecule has 3 saturated heterocycles. The van der Waals surface area contributed by atoms with Crippen molar-refractivity contribution in [3.05, 3.63) is 0 Å². The molecule has 5 N–H and O–H groups in total. The van der Waals surface area contributed by atoms with Crippen LogP contribution in [0.25, 0.3) is 0 Å². The minimum Gasteiger partial charge on any atom is -0.459 e. The van der Waals surface area contributed by atoms with E-state index in [-0.39, 0.29) is 50.7 Å². The zero-order valence-electron chi connectivity index (χ0n) is 38.4. The maximum Gasteiger partial charge on any atom is 0.311 e. The van der Waals surface area contributed by atoms with Gasteiger partial charge in [0.2, 0.25) is 6.79 Å². The Balaban J connectivity index is 2.18. The first-order valence-electron chi connectivity index (χ1n) is 21.3. The highest BCUT2D eigenvalue weighted by Gasteiger charge is 2.53. The van der Waals surface area contributed by atoms with Gasteiger partial charge in [0.25, 0.3) is 0 Å². The van der Waals surface area contributed by atoms with E-state index in [2.05, 4.69) is 5.16 Å². The van der Waals surface area contributed by atoms with Crippen LogP contribution in [0.3, 0.4) is 0 Å². The minimum atomic E-state index is -1.98. The first-order valence-corrected chi connectivity index (χ1v) is 21.3. The van der Waals surface area contributed by atoms with Crippen LogP contribution in [0.4, 0.5) is 0 Å². The third kappa shape index (κ3) is 13.0. The van der Waals surface area contributed by atoms with E-state index in [0.29, 0.717) is 19.6 Å². The number of oxime groups is 1. The molecule has 3 rings (SSSR count). The Morgan fingerprint density at radius 2 is 1.53 bits per heavy atom. The van der Waals surface area contributed by atoms with E-state index < -0.39 is 102 Å². The highest BCUT2D eigenvalue weighted by Crippen LogP contribution is 2.41. The molecular formula is C42H78N2O16. The van der Waals surface area contributed by atoms with E-state index in [0.717, 1.165) is 0 Å². The van der Waals surface area contributed by atoms with Gasteiger partial charge in [0.15, 0.2) is 19.4 Å². The van der Waals surface area contributed by atoms with Gasteiger partial charge in [0, 0.05) is 44.4 Å². The van der Waals surface area contributed by atoms with E-state index in [4.69, 9.17) is 47.5 Å². The van der Waals surface area contributed by atoms with Gasteiger partial charge in [-0.25, -0.2) is 0 Å². The van der Waals surface area contributed by atoms with Crippen LogP contribution in [0.5, 0.6) is 0 Å². The molecule has 352 valence electrons. The Morgan fingerprint density at radius 3 is 2.13 bits per heavy atom. The van der Waals surface area contributed by atoms with E-state index >= 15 is 0 Å². The van der Waals surface area contributed by atoms with Gasteiger partial charge in [-0.2, -0.15) is 0 Å². The number of likely N-dealkylation sites (N-methyl/N-ethyl adjacent to an activating group) is 1. The molecule has 0 aromatic rings. The lowest BCUT2D eigenvalue weighted by atomic mass is 9.73. The number of hydrogen-bond acceptors (Lipinski definition) is 18. The normalized spacial score (nSPS) is 44.7. The minimum absolute atomic E-state index is 0.0481. The number of hydrogen-bond donors (Lipinski definition) is 5. The Morgan fingerprint density at radius 1 is 0.867 bits per heavy atom. The first kappa shape index (κ1) is 52.7. The maximum atomic E-state index is 14.4. The van der Waals surface area contributed by atoms with Crippen molar-refractivity contribution in [3.8, 4) is 0 Å². The average molecular weight is 867 g/mol. The molecule has 18 atom stereocenters. The fraction of sp³-hybridized carbons (Fsp3) is 0.952. The summed E-state index contributed by atoms with van der Waals surface area (Å²) >= 11 is 0. The molecule has 0 radical (unpaired) electrons.